The zero-order valence-electron chi connectivity index (χ0n) is 3.54. The van der Waals surface area contributed by atoms with Gasteiger partial charge in [0.2, 0.25) is 0 Å². The van der Waals surface area contributed by atoms with Crippen LogP contribution in [0, 0.1) is 0 Å². The number of hydrogen-bond acceptors (Lipinski definition) is 2. The largest absolute Gasteiger partial charge is 0 e. The fraction of sp³-hybridized carbons (Fsp3) is 1.00. The Morgan fingerprint density at radius 3 is 1.44 bits per heavy atom. The van der Waals surface area contributed by atoms with Gasteiger partial charge < -0.3 is 9.79 Å². The molecular formula is CH7Li2MnO4P. The minimum atomic E-state index is -4.15. The molecule has 1 radical (unpaired) electrons. The van der Waals surface area contributed by atoms with E-state index in [4.69, 9.17) is 9.79 Å². The van der Waals surface area contributed by atoms with Crippen molar-refractivity contribution in [3.63, 3.8) is 0 Å². The third kappa shape index (κ3) is 25.8. The molecule has 0 saturated carbocycles. The molecule has 9 heavy (non-hydrogen) atoms. The quantitative estimate of drug-likeness (QED) is 0.380. The molecule has 0 heterocycles. The standard InChI is InChI=1S/CH5O4P.2Li.Mn.2H/c1-5-6(2,3)4;;;;;/h1H3,(H2,2,3,4);;;;;. The molecule has 0 spiro atoms. The summed E-state index contributed by atoms with van der Waals surface area (Å²) in [6, 6.07) is 0. The van der Waals surface area contributed by atoms with Gasteiger partial charge in [0.25, 0.3) is 0 Å². The Bertz CT molecular complexity index is 82.6. The zero-order chi connectivity index (χ0) is 5.21. The molecular weight excluding hydrogens is 176 g/mol. The number of hydrogen-bond donors (Lipinski definition) is 2. The van der Waals surface area contributed by atoms with Crippen LogP contribution in [-0.4, -0.2) is 54.6 Å². The van der Waals surface area contributed by atoms with Crippen LogP contribution in [0.2, 0.25) is 0 Å². The molecule has 0 amide bonds. The molecule has 0 aromatic carbocycles. The predicted octanol–water partition coefficient (Wildman–Crippen LogP) is -1.57. The first kappa shape index (κ1) is 22.4. The van der Waals surface area contributed by atoms with Crippen molar-refractivity contribution in [1.82, 2.24) is 0 Å². The van der Waals surface area contributed by atoms with Crippen LogP contribution in [0.1, 0.15) is 0 Å². The second-order valence-corrected chi connectivity index (χ2v) is 2.02. The molecule has 4 nitrogen and oxygen atoms in total. The van der Waals surface area contributed by atoms with Crippen LogP contribution < -0.4 is 0 Å². The van der Waals surface area contributed by atoms with E-state index in [2.05, 4.69) is 4.52 Å². The van der Waals surface area contributed by atoms with Crippen LogP contribution in [0.5, 0.6) is 0 Å². The van der Waals surface area contributed by atoms with Gasteiger partial charge >= 0.3 is 45.5 Å². The van der Waals surface area contributed by atoms with Gasteiger partial charge in [-0.1, -0.05) is 0 Å². The van der Waals surface area contributed by atoms with Crippen molar-refractivity contribution >= 4 is 45.5 Å². The van der Waals surface area contributed by atoms with Gasteiger partial charge in [0, 0.05) is 24.2 Å². The average Bonchev–Trinajstić information content (AvgIpc) is 1.35. The van der Waals surface area contributed by atoms with Gasteiger partial charge in [0.1, 0.15) is 0 Å². The molecule has 0 saturated heterocycles. The summed E-state index contributed by atoms with van der Waals surface area (Å²) in [6.45, 7) is 0. The molecule has 49 valence electrons. The summed E-state index contributed by atoms with van der Waals surface area (Å²) in [5.74, 6) is 0. The third-order valence-electron chi connectivity index (χ3n) is 0.238. The van der Waals surface area contributed by atoms with Crippen LogP contribution in [0.15, 0.2) is 0 Å². The van der Waals surface area contributed by atoms with E-state index in [-0.39, 0.29) is 54.8 Å². The summed E-state index contributed by atoms with van der Waals surface area (Å²) >= 11 is 0. The minimum absolute atomic E-state index is 0. The Morgan fingerprint density at radius 2 is 1.44 bits per heavy atom. The summed E-state index contributed by atoms with van der Waals surface area (Å²) in [5.41, 5.74) is 0. The Kier molecular flexibility index (Phi) is 24.5. The smallest absolute Gasteiger partial charge is 0 e. The number of phosphoric ester groups is 1. The molecule has 0 fully saturated rings. The van der Waals surface area contributed by atoms with Crippen LogP contribution in [0.4, 0.5) is 0 Å². The van der Waals surface area contributed by atoms with Gasteiger partial charge in [-0.3, -0.25) is 4.52 Å². The van der Waals surface area contributed by atoms with Crippen molar-refractivity contribution in [2.75, 3.05) is 7.11 Å². The van der Waals surface area contributed by atoms with Crippen molar-refractivity contribution in [1.29, 1.82) is 0 Å². The second-order valence-electron chi connectivity index (χ2n) is 0.673. The molecule has 0 aromatic heterocycles. The maximum Gasteiger partial charge on any atom is 0 e. The van der Waals surface area contributed by atoms with Gasteiger partial charge in [-0.05, 0) is 0 Å². The number of rotatable bonds is 1. The molecule has 0 aliphatic rings. The normalized spacial score (nSPS) is 7.89. The van der Waals surface area contributed by atoms with Gasteiger partial charge in [0.15, 0.2) is 0 Å². The Labute approximate surface area is 88.2 Å². The summed E-state index contributed by atoms with van der Waals surface area (Å²) in [7, 11) is -3.20. The van der Waals surface area contributed by atoms with Crippen molar-refractivity contribution in [2.24, 2.45) is 0 Å². The van der Waals surface area contributed by atoms with Crippen molar-refractivity contribution in [2.45, 2.75) is 0 Å². The monoisotopic (exact) mass is 183 g/mol. The molecule has 0 aliphatic heterocycles. The second kappa shape index (κ2) is 9.82. The maximum absolute atomic E-state index is 9.47. The van der Waals surface area contributed by atoms with Gasteiger partial charge in [-0.25, -0.2) is 4.57 Å². The van der Waals surface area contributed by atoms with E-state index < -0.39 is 7.82 Å². The summed E-state index contributed by atoms with van der Waals surface area (Å²) < 4.78 is 13.1. The average molecular weight is 183 g/mol. The van der Waals surface area contributed by atoms with E-state index in [1.165, 1.54) is 0 Å². The minimum Gasteiger partial charge on any atom is 0 e. The Morgan fingerprint density at radius 1 is 1.33 bits per heavy atom. The molecule has 0 atom stereocenters. The fourth-order valence-electron chi connectivity index (χ4n) is 0. The zero-order valence-corrected chi connectivity index (χ0v) is 5.61. The molecule has 0 bridgehead atoms. The van der Waals surface area contributed by atoms with Gasteiger partial charge in [0.05, 0.1) is 0 Å². The van der Waals surface area contributed by atoms with E-state index in [9.17, 15) is 4.57 Å². The van der Waals surface area contributed by atoms with Crippen LogP contribution in [0.3, 0.4) is 0 Å². The summed E-state index contributed by atoms with van der Waals surface area (Å²) in [4.78, 5) is 15.4. The first-order valence-electron chi connectivity index (χ1n) is 1.17. The maximum atomic E-state index is 9.47. The molecule has 0 rings (SSSR count). The molecule has 0 aliphatic carbocycles. The van der Waals surface area contributed by atoms with Crippen LogP contribution in [-0.2, 0) is 26.2 Å². The van der Waals surface area contributed by atoms with Crippen molar-refractivity contribution < 1.29 is 35.9 Å². The molecule has 0 unspecified atom stereocenters. The van der Waals surface area contributed by atoms with E-state index >= 15 is 0 Å². The Hall–Kier alpha value is 1.82. The van der Waals surface area contributed by atoms with E-state index in [1.807, 2.05) is 0 Å². The van der Waals surface area contributed by atoms with Crippen molar-refractivity contribution in [3.05, 3.63) is 0 Å². The molecule has 0 aromatic rings. The van der Waals surface area contributed by atoms with Crippen LogP contribution >= 0.6 is 7.82 Å². The third-order valence-corrected chi connectivity index (χ3v) is 0.714. The first-order valence-corrected chi connectivity index (χ1v) is 2.70. The van der Waals surface area contributed by atoms with Crippen molar-refractivity contribution in [3.8, 4) is 0 Å². The van der Waals surface area contributed by atoms with E-state index in [0.717, 1.165) is 7.11 Å². The number of phosphoric acid groups is 1. The first-order chi connectivity index (χ1) is 2.56. The topological polar surface area (TPSA) is 66.8 Å². The molecule has 8 heteroatoms. The summed E-state index contributed by atoms with van der Waals surface area (Å²) in [5, 5.41) is 0. The summed E-state index contributed by atoms with van der Waals surface area (Å²) in [6.07, 6.45) is 0. The van der Waals surface area contributed by atoms with E-state index in [1.54, 1.807) is 0 Å². The fourth-order valence-corrected chi connectivity index (χ4v) is 0. The Balaban J connectivity index is -0.0000000417. The van der Waals surface area contributed by atoms with Gasteiger partial charge in [-0.15, -0.1) is 0 Å². The predicted molar refractivity (Wildman–Crippen MR) is 33.4 cm³/mol. The SMILES string of the molecule is COP(=O)(O)O.[LiH].[LiH].[Mn]. The van der Waals surface area contributed by atoms with Gasteiger partial charge in [-0.2, -0.15) is 0 Å². The molecule has 2 N–H and O–H groups in total. The van der Waals surface area contributed by atoms with E-state index in [0.29, 0.717) is 0 Å². The van der Waals surface area contributed by atoms with Crippen LogP contribution in [0.25, 0.3) is 0 Å².